The van der Waals surface area contributed by atoms with Crippen molar-refractivity contribution in [3.8, 4) is 5.75 Å². The summed E-state index contributed by atoms with van der Waals surface area (Å²) < 4.78 is 5.74. The van der Waals surface area contributed by atoms with Crippen LogP contribution in [0.5, 0.6) is 5.75 Å². The van der Waals surface area contributed by atoms with Gasteiger partial charge in [-0.3, -0.25) is 9.59 Å². The highest BCUT2D eigenvalue weighted by atomic mass is 16.5. The zero-order chi connectivity index (χ0) is 19.1. The minimum Gasteiger partial charge on any atom is -0.491 e. The number of rotatable bonds is 8. The number of ether oxygens (including phenoxy) is 1. The van der Waals surface area contributed by atoms with Crippen molar-refractivity contribution in [2.45, 2.75) is 39.7 Å². The van der Waals surface area contributed by atoms with Gasteiger partial charge in [0.05, 0.1) is 18.4 Å². The molecule has 0 saturated carbocycles. The molecular formula is C21H25NO4. The molecule has 2 rings (SSSR count). The van der Waals surface area contributed by atoms with Crippen molar-refractivity contribution in [2.24, 2.45) is 5.92 Å². The predicted molar refractivity (Wildman–Crippen MR) is 101 cm³/mol. The summed E-state index contributed by atoms with van der Waals surface area (Å²) in [6.07, 6.45) is 0.726. The quantitative estimate of drug-likeness (QED) is 0.752. The Labute approximate surface area is 154 Å². The third kappa shape index (κ3) is 5.92. The van der Waals surface area contributed by atoms with Crippen molar-refractivity contribution in [1.29, 1.82) is 0 Å². The van der Waals surface area contributed by atoms with Crippen molar-refractivity contribution in [3.63, 3.8) is 0 Å². The molecule has 0 aromatic heterocycles. The van der Waals surface area contributed by atoms with Gasteiger partial charge in [-0.2, -0.15) is 0 Å². The van der Waals surface area contributed by atoms with Crippen molar-refractivity contribution in [2.75, 3.05) is 5.32 Å². The Morgan fingerprint density at radius 1 is 1.04 bits per heavy atom. The first-order valence-electron chi connectivity index (χ1n) is 8.71. The van der Waals surface area contributed by atoms with Crippen LogP contribution < -0.4 is 10.1 Å². The first kappa shape index (κ1) is 19.5. The van der Waals surface area contributed by atoms with Crippen LogP contribution in [-0.2, 0) is 22.4 Å². The van der Waals surface area contributed by atoms with Gasteiger partial charge in [0, 0.05) is 11.3 Å². The Morgan fingerprint density at radius 2 is 1.69 bits per heavy atom. The summed E-state index contributed by atoms with van der Waals surface area (Å²) in [5, 5.41) is 11.8. The Hall–Kier alpha value is -2.82. The molecule has 0 spiro atoms. The van der Waals surface area contributed by atoms with E-state index >= 15 is 0 Å². The normalized spacial score (nSPS) is 11.8. The molecule has 2 aromatic rings. The van der Waals surface area contributed by atoms with Crippen LogP contribution in [0.2, 0.25) is 0 Å². The maximum atomic E-state index is 12.3. The second kappa shape index (κ2) is 9.04. The molecule has 5 nitrogen and oxygen atoms in total. The number of anilines is 1. The summed E-state index contributed by atoms with van der Waals surface area (Å²) in [5.74, 6) is -0.662. The molecule has 26 heavy (non-hydrogen) atoms. The van der Waals surface area contributed by atoms with Gasteiger partial charge in [0.2, 0.25) is 5.91 Å². The molecule has 0 bridgehead atoms. The number of carboxylic acid groups (broad SMARTS) is 1. The van der Waals surface area contributed by atoms with E-state index in [1.165, 1.54) is 0 Å². The van der Waals surface area contributed by atoms with Crippen LogP contribution in [0.1, 0.15) is 31.9 Å². The number of para-hydroxylation sites is 1. The van der Waals surface area contributed by atoms with Gasteiger partial charge in [0.15, 0.2) is 0 Å². The topological polar surface area (TPSA) is 75.6 Å². The van der Waals surface area contributed by atoms with Crippen LogP contribution in [0.15, 0.2) is 48.5 Å². The standard InChI is InChI=1S/C21H25NO4/c1-14(2)26-19-7-5-4-6-17(19)13-20(23)22-18-10-8-16(9-11-18)12-15(3)21(24)25/h4-11,14-15H,12-13H2,1-3H3,(H,22,23)(H,24,25). The minimum absolute atomic E-state index is 0.0416. The van der Waals surface area contributed by atoms with E-state index in [-0.39, 0.29) is 18.4 Å². The average molecular weight is 355 g/mol. The molecule has 1 unspecified atom stereocenters. The second-order valence-electron chi connectivity index (χ2n) is 6.64. The Balaban J connectivity index is 1.97. The monoisotopic (exact) mass is 355 g/mol. The third-order valence-corrected chi connectivity index (χ3v) is 3.89. The Bertz CT molecular complexity index is 753. The van der Waals surface area contributed by atoms with Crippen molar-refractivity contribution in [1.82, 2.24) is 0 Å². The lowest BCUT2D eigenvalue weighted by Crippen LogP contribution is -2.16. The molecule has 0 heterocycles. The summed E-state index contributed by atoms with van der Waals surface area (Å²) in [7, 11) is 0. The van der Waals surface area contributed by atoms with Gasteiger partial charge in [-0.1, -0.05) is 37.3 Å². The van der Waals surface area contributed by atoms with Gasteiger partial charge in [-0.05, 0) is 44.0 Å². The summed E-state index contributed by atoms with van der Waals surface area (Å²) in [5.41, 5.74) is 2.45. The zero-order valence-electron chi connectivity index (χ0n) is 15.4. The highest BCUT2D eigenvalue weighted by Crippen LogP contribution is 2.21. The van der Waals surface area contributed by atoms with E-state index in [1.807, 2.05) is 50.2 Å². The molecule has 0 radical (unpaired) electrons. The molecule has 0 aliphatic heterocycles. The fourth-order valence-electron chi connectivity index (χ4n) is 2.56. The van der Waals surface area contributed by atoms with E-state index in [9.17, 15) is 9.59 Å². The van der Waals surface area contributed by atoms with Gasteiger partial charge < -0.3 is 15.2 Å². The maximum absolute atomic E-state index is 12.3. The first-order chi connectivity index (χ1) is 12.3. The molecule has 0 aliphatic rings. The van der Waals surface area contributed by atoms with Gasteiger partial charge in [-0.15, -0.1) is 0 Å². The smallest absolute Gasteiger partial charge is 0.306 e. The van der Waals surface area contributed by atoms with E-state index < -0.39 is 11.9 Å². The maximum Gasteiger partial charge on any atom is 0.306 e. The van der Waals surface area contributed by atoms with Crippen LogP contribution in [0.3, 0.4) is 0 Å². The highest BCUT2D eigenvalue weighted by molar-refractivity contribution is 5.92. The molecule has 138 valence electrons. The second-order valence-corrected chi connectivity index (χ2v) is 6.64. The Kier molecular flexibility index (Phi) is 6.78. The molecule has 1 amide bonds. The summed E-state index contributed by atoms with van der Waals surface area (Å²) >= 11 is 0. The highest BCUT2D eigenvalue weighted by Gasteiger charge is 2.12. The fourth-order valence-corrected chi connectivity index (χ4v) is 2.56. The number of carbonyl (C=O) groups is 2. The molecule has 0 aliphatic carbocycles. The number of hydrogen-bond acceptors (Lipinski definition) is 3. The molecule has 2 N–H and O–H groups in total. The van der Waals surface area contributed by atoms with Gasteiger partial charge >= 0.3 is 5.97 Å². The fraction of sp³-hybridized carbons (Fsp3) is 0.333. The number of aliphatic carboxylic acids is 1. The first-order valence-corrected chi connectivity index (χ1v) is 8.71. The average Bonchev–Trinajstić information content (AvgIpc) is 2.58. The van der Waals surface area contributed by atoms with E-state index in [0.717, 1.165) is 16.9 Å². The summed E-state index contributed by atoms with van der Waals surface area (Å²) in [6, 6.07) is 14.8. The largest absolute Gasteiger partial charge is 0.491 e. The van der Waals surface area contributed by atoms with Crippen LogP contribution in [0.4, 0.5) is 5.69 Å². The number of carboxylic acids is 1. The molecule has 2 aromatic carbocycles. The molecular weight excluding hydrogens is 330 g/mol. The third-order valence-electron chi connectivity index (χ3n) is 3.89. The molecule has 0 saturated heterocycles. The summed E-state index contributed by atoms with van der Waals surface area (Å²) in [6.45, 7) is 5.57. The van der Waals surface area contributed by atoms with Crippen LogP contribution in [-0.4, -0.2) is 23.1 Å². The lowest BCUT2D eigenvalue weighted by molar-refractivity contribution is -0.141. The molecule has 0 fully saturated rings. The summed E-state index contributed by atoms with van der Waals surface area (Å²) in [4.78, 5) is 23.2. The van der Waals surface area contributed by atoms with Crippen LogP contribution >= 0.6 is 0 Å². The van der Waals surface area contributed by atoms with Gasteiger partial charge in [0.25, 0.3) is 0 Å². The van der Waals surface area contributed by atoms with Gasteiger partial charge in [-0.25, -0.2) is 0 Å². The van der Waals surface area contributed by atoms with Crippen molar-refractivity contribution < 1.29 is 19.4 Å². The Morgan fingerprint density at radius 3 is 2.31 bits per heavy atom. The number of benzene rings is 2. The number of amides is 1. The lowest BCUT2D eigenvalue weighted by Gasteiger charge is -2.14. The predicted octanol–water partition coefficient (Wildman–Crippen LogP) is 3.92. The van der Waals surface area contributed by atoms with Crippen LogP contribution in [0, 0.1) is 5.92 Å². The number of carbonyl (C=O) groups excluding carboxylic acids is 1. The van der Waals surface area contributed by atoms with E-state index in [1.54, 1.807) is 19.1 Å². The zero-order valence-corrected chi connectivity index (χ0v) is 15.4. The molecule has 1 atom stereocenters. The molecule has 5 heteroatoms. The van der Waals surface area contributed by atoms with E-state index in [4.69, 9.17) is 9.84 Å². The number of hydrogen-bond donors (Lipinski definition) is 2. The van der Waals surface area contributed by atoms with E-state index in [2.05, 4.69) is 5.32 Å². The van der Waals surface area contributed by atoms with Gasteiger partial charge in [0.1, 0.15) is 5.75 Å². The SMILES string of the molecule is CC(C)Oc1ccccc1CC(=O)Nc1ccc(CC(C)C(=O)O)cc1. The minimum atomic E-state index is -0.815. The van der Waals surface area contributed by atoms with Crippen LogP contribution in [0.25, 0.3) is 0 Å². The number of nitrogens with one attached hydrogen (secondary N) is 1. The van der Waals surface area contributed by atoms with Crippen molar-refractivity contribution >= 4 is 17.6 Å². The lowest BCUT2D eigenvalue weighted by atomic mass is 10.0. The van der Waals surface area contributed by atoms with E-state index in [0.29, 0.717) is 12.1 Å². The van der Waals surface area contributed by atoms with Crippen molar-refractivity contribution in [3.05, 3.63) is 59.7 Å².